The minimum Gasteiger partial charge on any atom is -0.0753 e. The zero-order valence-electron chi connectivity index (χ0n) is 7.33. The summed E-state index contributed by atoms with van der Waals surface area (Å²) >= 11 is 2.42. The van der Waals surface area contributed by atoms with Crippen LogP contribution in [-0.4, -0.2) is 0 Å². The Morgan fingerprint density at radius 1 is 0.923 bits per heavy atom. The van der Waals surface area contributed by atoms with Crippen LogP contribution in [0.1, 0.15) is 18.4 Å². The number of hydrogen-bond donors (Lipinski definition) is 0. The average molecular weight is 282 g/mol. The molecule has 0 bridgehead atoms. The van der Waals surface area contributed by atoms with Gasteiger partial charge in [0.25, 0.3) is 0 Å². The summed E-state index contributed by atoms with van der Waals surface area (Å²) in [5.41, 5.74) is 2.73. The molecular weight excluding hydrogens is 271 g/mol. The standard InChI is InChI=1S/C12H11I/c13-12-9-5-4-8-11(12)10-6-2-1-3-7-10/h1-3,6-9H,4-5H2. The lowest BCUT2D eigenvalue weighted by Crippen LogP contribution is -1.88. The molecule has 1 aliphatic rings. The van der Waals surface area contributed by atoms with Crippen molar-refractivity contribution in [3.63, 3.8) is 0 Å². The first-order chi connectivity index (χ1) is 6.38. The molecule has 0 fully saturated rings. The fourth-order valence-electron chi connectivity index (χ4n) is 1.52. The highest BCUT2D eigenvalue weighted by Crippen LogP contribution is 2.31. The second-order valence-corrected chi connectivity index (χ2v) is 4.28. The third kappa shape index (κ3) is 2.02. The molecule has 1 heteroatoms. The van der Waals surface area contributed by atoms with E-state index in [9.17, 15) is 0 Å². The predicted molar refractivity (Wildman–Crippen MR) is 65.8 cm³/mol. The van der Waals surface area contributed by atoms with E-state index < -0.39 is 0 Å². The van der Waals surface area contributed by atoms with Gasteiger partial charge in [0.05, 0.1) is 0 Å². The minimum absolute atomic E-state index is 1.18. The maximum absolute atomic E-state index is 2.42. The smallest absolute Gasteiger partial charge is 0.0165 e. The van der Waals surface area contributed by atoms with Crippen LogP contribution in [0, 0.1) is 0 Å². The maximum Gasteiger partial charge on any atom is 0.0165 e. The predicted octanol–water partition coefficient (Wildman–Crippen LogP) is 4.18. The zero-order chi connectivity index (χ0) is 9.10. The van der Waals surface area contributed by atoms with Crippen LogP contribution in [-0.2, 0) is 0 Å². The van der Waals surface area contributed by atoms with E-state index in [1.54, 1.807) is 0 Å². The van der Waals surface area contributed by atoms with Crippen molar-refractivity contribution in [2.24, 2.45) is 0 Å². The van der Waals surface area contributed by atoms with Crippen molar-refractivity contribution in [2.75, 3.05) is 0 Å². The molecule has 0 unspecified atom stereocenters. The van der Waals surface area contributed by atoms with Crippen molar-refractivity contribution in [3.8, 4) is 0 Å². The normalized spacial score (nSPS) is 16.4. The van der Waals surface area contributed by atoms with Crippen LogP contribution in [0.4, 0.5) is 0 Å². The second-order valence-electron chi connectivity index (χ2n) is 3.11. The van der Waals surface area contributed by atoms with Crippen molar-refractivity contribution in [2.45, 2.75) is 12.8 Å². The summed E-state index contributed by atoms with van der Waals surface area (Å²) in [6.07, 6.45) is 7.01. The molecule has 1 aromatic carbocycles. The Morgan fingerprint density at radius 3 is 2.31 bits per heavy atom. The Kier molecular flexibility index (Phi) is 2.83. The highest BCUT2D eigenvalue weighted by Gasteiger charge is 2.06. The summed E-state index contributed by atoms with van der Waals surface area (Å²) in [7, 11) is 0. The van der Waals surface area contributed by atoms with Crippen LogP contribution >= 0.6 is 22.6 Å². The van der Waals surface area contributed by atoms with Crippen LogP contribution in [0.5, 0.6) is 0 Å². The van der Waals surface area contributed by atoms with Gasteiger partial charge in [-0.15, -0.1) is 0 Å². The lowest BCUT2D eigenvalue weighted by molar-refractivity contribution is 1.04. The summed E-state index contributed by atoms with van der Waals surface area (Å²) in [5.74, 6) is 0. The van der Waals surface area contributed by atoms with E-state index in [0.717, 1.165) is 0 Å². The van der Waals surface area contributed by atoms with Gasteiger partial charge in [-0.05, 0) is 46.6 Å². The molecule has 0 saturated carbocycles. The van der Waals surface area contributed by atoms with Crippen molar-refractivity contribution in [1.29, 1.82) is 0 Å². The van der Waals surface area contributed by atoms with Gasteiger partial charge in [-0.2, -0.15) is 0 Å². The van der Waals surface area contributed by atoms with Gasteiger partial charge in [-0.3, -0.25) is 0 Å². The number of hydrogen-bond acceptors (Lipinski definition) is 0. The van der Waals surface area contributed by atoms with Crippen LogP contribution in [0.3, 0.4) is 0 Å². The van der Waals surface area contributed by atoms with E-state index in [2.05, 4.69) is 65.1 Å². The van der Waals surface area contributed by atoms with Crippen LogP contribution in [0.2, 0.25) is 0 Å². The fraction of sp³-hybridized carbons (Fsp3) is 0.167. The highest BCUT2D eigenvalue weighted by molar-refractivity contribution is 14.1. The molecular formula is C12H11I. The molecule has 0 spiro atoms. The average Bonchev–Trinajstić information content (AvgIpc) is 2.20. The number of halogens is 1. The first kappa shape index (κ1) is 9.00. The number of benzene rings is 1. The van der Waals surface area contributed by atoms with E-state index in [-0.39, 0.29) is 0 Å². The largest absolute Gasteiger partial charge is 0.0753 e. The van der Waals surface area contributed by atoms with Crippen molar-refractivity contribution in [1.82, 2.24) is 0 Å². The molecule has 2 rings (SSSR count). The van der Waals surface area contributed by atoms with Gasteiger partial charge in [0.15, 0.2) is 0 Å². The summed E-state index contributed by atoms with van der Waals surface area (Å²) in [6.45, 7) is 0. The summed E-state index contributed by atoms with van der Waals surface area (Å²) in [5, 5.41) is 0. The molecule has 0 heterocycles. The first-order valence-corrected chi connectivity index (χ1v) is 5.57. The first-order valence-electron chi connectivity index (χ1n) is 4.49. The van der Waals surface area contributed by atoms with E-state index >= 15 is 0 Å². The molecule has 0 radical (unpaired) electrons. The zero-order valence-corrected chi connectivity index (χ0v) is 9.49. The third-order valence-corrected chi connectivity index (χ3v) is 3.20. The molecule has 0 aliphatic heterocycles. The van der Waals surface area contributed by atoms with Crippen molar-refractivity contribution < 1.29 is 0 Å². The van der Waals surface area contributed by atoms with Crippen molar-refractivity contribution in [3.05, 3.63) is 51.6 Å². The molecule has 0 aromatic heterocycles. The van der Waals surface area contributed by atoms with E-state index in [1.165, 1.54) is 27.6 Å². The summed E-state index contributed by atoms with van der Waals surface area (Å²) in [4.78, 5) is 0. The van der Waals surface area contributed by atoms with Gasteiger partial charge < -0.3 is 0 Å². The van der Waals surface area contributed by atoms with Gasteiger partial charge in [0.1, 0.15) is 0 Å². The highest BCUT2D eigenvalue weighted by atomic mass is 127. The van der Waals surface area contributed by atoms with E-state index in [4.69, 9.17) is 0 Å². The Hall–Kier alpha value is -0.570. The molecule has 0 atom stereocenters. The lowest BCUT2D eigenvalue weighted by Gasteiger charge is -2.11. The Balaban J connectivity index is 2.37. The number of allylic oxidation sites excluding steroid dienone is 4. The Labute approximate surface area is 92.5 Å². The molecule has 1 aromatic rings. The molecule has 13 heavy (non-hydrogen) atoms. The van der Waals surface area contributed by atoms with Crippen LogP contribution in [0.25, 0.3) is 5.57 Å². The molecule has 0 nitrogen and oxygen atoms in total. The lowest BCUT2D eigenvalue weighted by atomic mass is 10.00. The quantitative estimate of drug-likeness (QED) is 0.678. The van der Waals surface area contributed by atoms with Crippen LogP contribution in [0.15, 0.2) is 46.1 Å². The molecule has 1 aliphatic carbocycles. The Bertz CT molecular complexity index is 347. The van der Waals surface area contributed by atoms with Gasteiger partial charge in [-0.1, -0.05) is 42.5 Å². The summed E-state index contributed by atoms with van der Waals surface area (Å²) in [6, 6.07) is 10.6. The maximum atomic E-state index is 2.42. The molecule has 0 saturated heterocycles. The SMILES string of the molecule is IC1=CCCC=C1c1ccccc1. The minimum atomic E-state index is 1.18. The van der Waals surface area contributed by atoms with Crippen molar-refractivity contribution >= 4 is 28.2 Å². The topological polar surface area (TPSA) is 0 Å². The van der Waals surface area contributed by atoms with E-state index in [1.807, 2.05) is 0 Å². The van der Waals surface area contributed by atoms with Gasteiger partial charge >= 0.3 is 0 Å². The van der Waals surface area contributed by atoms with Gasteiger partial charge in [0, 0.05) is 3.58 Å². The second kappa shape index (κ2) is 4.09. The van der Waals surface area contributed by atoms with Gasteiger partial charge in [-0.25, -0.2) is 0 Å². The summed E-state index contributed by atoms with van der Waals surface area (Å²) < 4.78 is 1.38. The molecule has 0 N–H and O–H groups in total. The fourth-order valence-corrected chi connectivity index (χ4v) is 2.36. The van der Waals surface area contributed by atoms with E-state index in [0.29, 0.717) is 0 Å². The van der Waals surface area contributed by atoms with Crippen LogP contribution < -0.4 is 0 Å². The molecule has 0 amide bonds. The van der Waals surface area contributed by atoms with Gasteiger partial charge in [0.2, 0.25) is 0 Å². The monoisotopic (exact) mass is 282 g/mol. The third-order valence-electron chi connectivity index (χ3n) is 2.18. The molecule has 66 valence electrons. The number of rotatable bonds is 1. The Morgan fingerprint density at radius 2 is 1.62 bits per heavy atom.